The van der Waals surface area contributed by atoms with E-state index >= 15 is 0 Å². The summed E-state index contributed by atoms with van der Waals surface area (Å²) in [6, 6.07) is 28.8. The Morgan fingerprint density at radius 3 is 1.77 bits per heavy atom. The number of imide groups is 1. The summed E-state index contributed by atoms with van der Waals surface area (Å²) in [5.74, 6) is -2.88. The maximum atomic E-state index is 14.1. The fourth-order valence-electron chi connectivity index (χ4n) is 8.04. The van der Waals surface area contributed by atoms with Gasteiger partial charge in [0.25, 0.3) is 0 Å². The van der Waals surface area contributed by atoms with E-state index in [0.717, 1.165) is 39.1 Å². The van der Waals surface area contributed by atoms with Crippen LogP contribution in [0.1, 0.15) is 51.6 Å². The topological polar surface area (TPSA) is 84.0 Å². The lowest BCUT2D eigenvalue weighted by atomic mass is 9.55. The van der Waals surface area contributed by atoms with E-state index in [9.17, 15) is 19.2 Å². The van der Waals surface area contributed by atoms with Gasteiger partial charge in [-0.2, -0.15) is 0 Å². The molecule has 7 nitrogen and oxygen atoms in total. The second-order valence-corrected chi connectivity index (χ2v) is 12.4. The molecule has 0 unspecified atom stereocenters. The summed E-state index contributed by atoms with van der Waals surface area (Å²) < 4.78 is 5.76. The molecule has 44 heavy (non-hydrogen) atoms. The van der Waals surface area contributed by atoms with E-state index in [1.165, 1.54) is 4.90 Å². The van der Waals surface area contributed by atoms with Crippen molar-refractivity contribution in [3.63, 3.8) is 0 Å². The first-order chi connectivity index (χ1) is 21.3. The van der Waals surface area contributed by atoms with Crippen LogP contribution in [0.25, 0.3) is 0 Å². The van der Waals surface area contributed by atoms with Gasteiger partial charge in [-0.1, -0.05) is 60.7 Å². The van der Waals surface area contributed by atoms with E-state index in [1.54, 1.807) is 29.2 Å². The summed E-state index contributed by atoms with van der Waals surface area (Å²) in [5, 5.41) is 0. The van der Waals surface area contributed by atoms with Crippen LogP contribution in [0.2, 0.25) is 0 Å². The van der Waals surface area contributed by atoms with Crippen molar-refractivity contribution in [3.8, 4) is 5.75 Å². The van der Waals surface area contributed by atoms with Gasteiger partial charge in [0.15, 0.2) is 0 Å². The summed E-state index contributed by atoms with van der Waals surface area (Å²) in [6.45, 7) is 4.18. The maximum Gasteiger partial charge on any atom is 0.316 e. The zero-order valence-corrected chi connectivity index (χ0v) is 24.4. The second kappa shape index (κ2) is 9.74. The minimum absolute atomic E-state index is 0.0574. The van der Waals surface area contributed by atoms with Crippen LogP contribution in [-0.2, 0) is 19.2 Å². The quantitative estimate of drug-likeness (QED) is 0.176. The first-order valence-electron chi connectivity index (χ1n) is 15.1. The van der Waals surface area contributed by atoms with E-state index in [2.05, 4.69) is 24.3 Å². The van der Waals surface area contributed by atoms with E-state index < -0.39 is 23.7 Å². The molecule has 0 saturated carbocycles. The summed E-state index contributed by atoms with van der Waals surface area (Å²) in [5.41, 5.74) is 7.70. The smallest absolute Gasteiger partial charge is 0.316 e. The van der Waals surface area contributed by atoms with Crippen LogP contribution in [0.5, 0.6) is 5.75 Å². The fourth-order valence-corrected chi connectivity index (χ4v) is 8.04. The van der Waals surface area contributed by atoms with E-state index in [-0.39, 0.29) is 48.3 Å². The standard InChI is InChI=1S/C37H30N2O5/c1-20-14-21(2)16-24(15-20)38-19-22(17-30(38)40)37(43)44-25-9-7-8-23(18-25)39-35(41)33-31-26-10-3-4-11-27(26)32(34(33)36(39)42)29-13-6-5-12-28(29)31/h3-16,18,22,31-34H,17,19H2,1-2H3/t22-,31?,32?,33-,34+/m0/s1. The van der Waals surface area contributed by atoms with Gasteiger partial charge in [-0.15, -0.1) is 0 Å². The molecule has 218 valence electrons. The number of amides is 3. The van der Waals surface area contributed by atoms with Gasteiger partial charge in [0.1, 0.15) is 5.75 Å². The Bertz CT molecular complexity index is 1780. The Kier molecular flexibility index (Phi) is 5.88. The number of anilines is 2. The molecule has 5 aliphatic rings. The molecule has 9 rings (SSSR count). The summed E-state index contributed by atoms with van der Waals surface area (Å²) in [6.07, 6.45) is 0.0574. The van der Waals surface area contributed by atoms with Gasteiger partial charge in [0, 0.05) is 36.6 Å². The summed E-state index contributed by atoms with van der Waals surface area (Å²) in [7, 11) is 0. The van der Waals surface area contributed by atoms with Crippen LogP contribution < -0.4 is 14.5 Å². The monoisotopic (exact) mass is 582 g/mol. The number of benzene rings is 4. The Balaban J connectivity index is 1.06. The maximum absolute atomic E-state index is 14.1. The number of hydrogen-bond donors (Lipinski definition) is 0. The van der Waals surface area contributed by atoms with Crippen molar-refractivity contribution in [1.82, 2.24) is 0 Å². The highest BCUT2D eigenvalue weighted by molar-refractivity contribution is 6.23. The minimum Gasteiger partial charge on any atom is -0.426 e. The van der Waals surface area contributed by atoms with Crippen LogP contribution in [0, 0.1) is 31.6 Å². The zero-order chi connectivity index (χ0) is 30.3. The average molecular weight is 583 g/mol. The molecule has 4 aromatic carbocycles. The number of nitrogens with zero attached hydrogens (tertiary/aromatic N) is 2. The van der Waals surface area contributed by atoms with E-state index in [1.807, 2.05) is 56.3 Å². The molecule has 0 radical (unpaired) electrons. The molecule has 0 spiro atoms. The summed E-state index contributed by atoms with van der Waals surface area (Å²) >= 11 is 0. The normalized spacial score (nSPS) is 24.8. The van der Waals surface area contributed by atoms with Gasteiger partial charge in [-0.25, -0.2) is 4.90 Å². The van der Waals surface area contributed by atoms with E-state index in [4.69, 9.17) is 4.74 Å². The van der Waals surface area contributed by atoms with Crippen molar-refractivity contribution in [2.24, 2.45) is 17.8 Å². The average Bonchev–Trinajstić information content (AvgIpc) is 3.54. The molecular formula is C37H30N2O5. The molecule has 2 heterocycles. The second-order valence-electron chi connectivity index (χ2n) is 12.4. The number of esters is 1. The third-order valence-electron chi connectivity index (χ3n) is 9.72. The van der Waals surface area contributed by atoms with Crippen molar-refractivity contribution < 1.29 is 23.9 Å². The van der Waals surface area contributed by atoms with Crippen molar-refractivity contribution in [3.05, 3.63) is 124 Å². The molecule has 2 bridgehead atoms. The Morgan fingerprint density at radius 1 is 0.682 bits per heavy atom. The van der Waals surface area contributed by atoms with Crippen LogP contribution in [0.3, 0.4) is 0 Å². The number of rotatable bonds is 4. The predicted octanol–water partition coefficient (Wildman–Crippen LogP) is 5.66. The molecular weight excluding hydrogens is 552 g/mol. The highest BCUT2D eigenvalue weighted by Gasteiger charge is 2.61. The third kappa shape index (κ3) is 3.88. The predicted molar refractivity (Wildman–Crippen MR) is 164 cm³/mol. The SMILES string of the molecule is Cc1cc(C)cc(N2C[C@@H](C(=O)Oc3cccc(N4C(=O)[C@@H]5C6c7ccccc7C(c7ccccc76)[C@@H]5C4=O)c3)CC2=O)c1. The highest BCUT2D eigenvalue weighted by Crippen LogP contribution is 2.61. The molecule has 0 aromatic heterocycles. The molecule has 3 aliphatic carbocycles. The van der Waals surface area contributed by atoms with E-state index in [0.29, 0.717) is 5.69 Å². The van der Waals surface area contributed by atoms with Crippen LogP contribution >= 0.6 is 0 Å². The number of carbonyl (C=O) groups excluding carboxylic acids is 4. The van der Waals surface area contributed by atoms with Crippen LogP contribution in [0.4, 0.5) is 11.4 Å². The largest absolute Gasteiger partial charge is 0.426 e. The van der Waals surface area contributed by atoms with Gasteiger partial charge in [-0.05, 0) is 71.5 Å². The lowest BCUT2D eigenvalue weighted by Crippen LogP contribution is -2.41. The van der Waals surface area contributed by atoms with Gasteiger partial charge in [0.05, 0.1) is 23.4 Å². The van der Waals surface area contributed by atoms with Crippen molar-refractivity contribution in [2.75, 3.05) is 16.3 Å². The molecule has 3 amide bonds. The first-order valence-corrected chi connectivity index (χ1v) is 15.1. The minimum atomic E-state index is -0.627. The lowest BCUT2D eigenvalue weighted by Gasteiger charge is -2.45. The Morgan fingerprint density at radius 2 is 1.23 bits per heavy atom. The van der Waals surface area contributed by atoms with Gasteiger partial charge >= 0.3 is 5.97 Å². The van der Waals surface area contributed by atoms with Crippen molar-refractivity contribution in [1.29, 1.82) is 0 Å². The number of carbonyl (C=O) groups is 4. The van der Waals surface area contributed by atoms with Crippen molar-refractivity contribution in [2.45, 2.75) is 32.1 Å². The van der Waals surface area contributed by atoms with Gasteiger partial charge < -0.3 is 9.64 Å². The summed E-state index contributed by atoms with van der Waals surface area (Å²) in [4.78, 5) is 57.2. The number of ether oxygens (including phenoxy) is 1. The Hall–Kier alpha value is -5.04. The molecule has 2 fully saturated rings. The number of hydrogen-bond acceptors (Lipinski definition) is 5. The van der Waals surface area contributed by atoms with Gasteiger partial charge in [0.2, 0.25) is 17.7 Å². The fraction of sp³-hybridized carbons (Fsp3) is 0.243. The lowest BCUT2D eigenvalue weighted by molar-refractivity contribution is -0.139. The molecule has 3 atom stereocenters. The number of aryl methyl sites for hydroxylation is 2. The molecule has 0 N–H and O–H groups in total. The molecule has 7 heteroatoms. The van der Waals surface area contributed by atoms with Crippen molar-refractivity contribution >= 4 is 35.1 Å². The first kappa shape index (κ1) is 26.6. The molecule has 2 aliphatic heterocycles. The zero-order valence-electron chi connectivity index (χ0n) is 24.4. The molecule has 4 aromatic rings. The highest BCUT2D eigenvalue weighted by atomic mass is 16.5. The third-order valence-corrected chi connectivity index (χ3v) is 9.72. The van der Waals surface area contributed by atoms with Gasteiger partial charge in [-0.3, -0.25) is 19.2 Å². The van der Waals surface area contributed by atoms with Crippen LogP contribution in [-0.4, -0.2) is 30.2 Å². The van der Waals surface area contributed by atoms with Crippen LogP contribution in [0.15, 0.2) is 91.0 Å². The Labute approximate surface area is 255 Å². The molecule has 2 saturated heterocycles.